The lowest BCUT2D eigenvalue weighted by molar-refractivity contribution is 0.293. The number of halogens is 2. The number of rotatable bonds is 5. The molecule has 100 valence electrons. The summed E-state index contributed by atoms with van der Waals surface area (Å²) in [5, 5.41) is 3.33. The summed E-state index contributed by atoms with van der Waals surface area (Å²) in [5.41, 5.74) is 0.432. The van der Waals surface area contributed by atoms with Crippen molar-refractivity contribution in [3.63, 3.8) is 0 Å². The van der Waals surface area contributed by atoms with E-state index >= 15 is 0 Å². The third kappa shape index (κ3) is 3.75. The number of hydrogen-bond donors (Lipinski definition) is 1. The fourth-order valence-electron chi connectivity index (χ4n) is 2.40. The molecule has 1 atom stereocenters. The molecule has 1 aromatic carbocycles. The van der Waals surface area contributed by atoms with Gasteiger partial charge in [0.05, 0.1) is 0 Å². The van der Waals surface area contributed by atoms with Crippen LogP contribution in [0, 0.1) is 17.6 Å². The van der Waals surface area contributed by atoms with E-state index in [9.17, 15) is 8.78 Å². The largest absolute Gasteiger partial charge is 0.316 e. The molecule has 0 amide bonds. The molecule has 0 aliphatic carbocycles. The van der Waals surface area contributed by atoms with Gasteiger partial charge in [0.1, 0.15) is 11.6 Å². The van der Waals surface area contributed by atoms with Crippen LogP contribution in [0.5, 0.6) is 0 Å². The minimum Gasteiger partial charge on any atom is -0.316 e. The number of hydrogen-bond acceptors (Lipinski definition) is 2. The van der Waals surface area contributed by atoms with Gasteiger partial charge in [-0.3, -0.25) is 0 Å². The highest BCUT2D eigenvalue weighted by atomic mass is 19.1. The van der Waals surface area contributed by atoms with E-state index in [1.54, 1.807) is 0 Å². The second kappa shape index (κ2) is 6.25. The minimum atomic E-state index is -0.375. The van der Waals surface area contributed by atoms with E-state index in [4.69, 9.17) is 0 Å². The first kappa shape index (κ1) is 13.4. The van der Waals surface area contributed by atoms with Crippen molar-refractivity contribution in [2.75, 3.05) is 26.7 Å². The summed E-state index contributed by atoms with van der Waals surface area (Å²) in [6, 6.07) is 3.63. The molecule has 1 saturated heterocycles. The van der Waals surface area contributed by atoms with Crippen molar-refractivity contribution in [2.24, 2.45) is 5.92 Å². The van der Waals surface area contributed by atoms with Crippen LogP contribution in [0.3, 0.4) is 0 Å². The molecule has 1 unspecified atom stereocenters. The van der Waals surface area contributed by atoms with Gasteiger partial charge in [-0.2, -0.15) is 0 Å². The normalized spacial score (nSPS) is 19.7. The SMILES string of the molecule is CN(CCC1CCNC1)Cc1cc(F)ccc1F. The van der Waals surface area contributed by atoms with Crippen molar-refractivity contribution < 1.29 is 8.78 Å². The molecular weight excluding hydrogens is 234 g/mol. The number of benzene rings is 1. The maximum absolute atomic E-state index is 13.5. The van der Waals surface area contributed by atoms with Gasteiger partial charge in [0, 0.05) is 12.1 Å². The lowest BCUT2D eigenvalue weighted by atomic mass is 10.0. The third-order valence-electron chi connectivity index (χ3n) is 3.53. The first-order chi connectivity index (χ1) is 8.65. The highest BCUT2D eigenvalue weighted by Crippen LogP contribution is 2.15. The lowest BCUT2D eigenvalue weighted by Gasteiger charge is -2.19. The molecular formula is C14H20F2N2. The Labute approximate surface area is 107 Å². The molecule has 1 aromatic rings. The first-order valence-corrected chi connectivity index (χ1v) is 6.48. The fraction of sp³-hybridized carbons (Fsp3) is 0.571. The molecule has 0 aromatic heterocycles. The van der Waals surface area contributed by atoms with Gasteiger partial charge in [-0.15, -0.1) is 0 Å². The van der Waals surface area contributed by atoms with Gasteiger partial charge < -0.3 is 10.2 Å². The Morgan fingerprint density at radius 2 is 2.22 bits per heavy atom. The van der Waals surface area contributed by atoms with Gasteiger partial charge >= 0.3 is 0 Å². The zero-order valence-electron chi connectivity index (χ0n) is 10.8. The summed E-state index contributed by atoms with van der Waals surface area (Å²) in [6.07, 6.45) is 2.34. The van der Waals surface area contributed by atoms with Crippen LogP contribution < -0.4 is 5.32 Å². The predicted octanol–water partition coefficient (Wildman–Crippen LogP) is 2.40. The molecule has 0 bridgehead atoms. The van der Waals surface area contributed by atoms with Crippen LogP contribution in [0.1, 0.15) is 18.4 Å². The molecule has 4 heteroatoms. The molecule has 1 N–H and O–H groups in total. The monoisotopic (exact) mass is 254 g/mol. The summed E-state index contributed by atoms with van der Waals surface area (Å²) in [4.78, 5) is 2.05. The second-order valence-electron chi connectivity index (χ2n) is 5.12. The Morgan fingerprint density at radius 3 is 2.94 bits per heavy atom. The highest BCUT2D eigenvalue weighted by molar-refractivity contribution is 5.18. The maximum atomic E-state index is 13.5. The predicted molar refractivity (Wildman–Crippen MR) is 68.3 cm³/mol. The average molecular weight is 254 g/mol. The molecule has 1 aliphatic rings. The van der Waals surface area contributed by atoms with E-state index in [2.05, 4.69) is 10.2 Å². The molecule has 0 spiro atoms. The van der Waals surface area contributed by atoms with Crippen LogP contribution in [0.4, 0.5) is 8.78 Å². The van der Waals surface area contributed by atoms with Gasteiger partial charge in [0.2, 0.25) is 0 Å². The Bertz CT molecular complexity index is 389. The number of nitrogens with zero attached hydrogens (tertiary/aromatic N) is 1. The molecule has 2 nitrogen and oxygen atoms in total. The van der Waals surface area contributed by atoms with E-state index in [1.807, 2.05) is 7.05 Å². The van der Waals surface area contributed by atoms with E-state index in [1.165, 1.54) is 18.6 Å². The Hall–Kier alpha value is -1.00. The zero-order chi connectivity index (χ0) is 13.0. The van der Waals surface area contributed by atoms with E-state index in [0.717, 1.165) is 38.0 Å². The van der Waals surface area contributed by atoms with Crippen LogP contribution in [-0.4, -0.2) is 31.6 Å². The fourth-order valence-corrected chi connectivity index (χ4v) is 2.40. The van der Waals surface area contributed by atoms with Gasteiger partial charge in [-0.05, 0) is 63.6 Å². The maximum Gasteiger partial charge on any atom is 0.127 e. The highest BCUT2D eigenvalue weighted by Gasteiger charge is 2.15. The van der Waals surface area contributed by atoms with Gasteiger partial charge in [0.25, 0.3) is 0 Å². The minimum absolute atomic E-state index is 0.328. The van der Waals surface area contributed by atoms with E-state index < -0.39 is 0 Å². The first-order valence-electron chi connectivity index (χ1n) is 6.48. The Morgan fingerprint density at radius 1 is 1.39 bits per heavy atom. The standard InChI is InChI=1S/C14H20F2N2/c1-18(7-5-11-4-6-17-9-11)10-12-8-13(15)2-3-14(12)16/h2-3,8,11,17H,4-7,9-10H2,1H3. The summed E-state index contributed by atoms with van der Waals surface area (Å²) in [5.74, 6) is 0.0235. The van der Waals surface area contributed by atoms with Gasteiger partial charge in [-0.25, -0.2) is 8.78 Å². The van der Waals surface area contributed by atoms with E-state index in [0.29, 0.717) is 12.1 Å². The van der Waals surface area contributed by atoms with Crippen LogP contribution in [0.15, 0.2) is 18.2 Å². The average Bonchev–Trinajstić information content (AvgIpc) is 2.84. The molecule has 1 fully saturated rings. The smallest absolute Gasteiger partial charge is 0.127 e. The summed E-state index contributed by atoms with van der Waals surface area (Å²) < 4.78 is 26.5. The summed E-state index contributed by atoms with van der Waals surface area (Å²) in [7, 11) is 1.95. The van der Waals surface area contributed by atoms with Crippen LogP contribution >= 0.6 is 0 Å². The summed E-state index contributed by atoms with van der Waals surface area (Å²) in [6.45, 7) is 3.57. The molecule has 0 radical (unpaired) electrons. The third-order valence-corrected chi connectivity index (χ3v) is 3.53. The van der Waals surface area contributed by atoms with Crippen LogP contribution in [0.25, 0.3) is 0 Å². The molecule has 18 heavy (non-hydrogen) atoms. The van der Waals surface area contributed by atoms with Crippen LogP contribution in [-0.2, 0) is 6.54 Å². The number of nitrogens with one attached hydrogen (secondary N) is 1. The topological polar surface area (TPSA) is 15.3 Å². The quantitative estimate of drug-likeness (QED) is 0.868. The second-order valence-corrected chi connectivity index (χ2v) is 5.12. The lowest BCUT2D eigenvalue weighted by Crippen LogP contribution is -2.22. The van der Waals surface area contributed by atoms with Gasteiger partial charge in [-0.1, -0.05) is 0 Å². The van der Waals surface area contributed by atoms with Crippen molar-refractivity contribution in [1.82, 2.24) is 10.2 Å². The summed E-state index contributed by atoms with van der Waals surface area (Å²) >= 11 is 0. The van der Waals surface area contributed by atoms with Crippen molar-refractivity contribution in [3.8, 4) is 0 Å². The van der Waals surface area contributed by atoms with E-state index in [-0.39, 0.29) is 11.6 Å². The van der Waals surface area contributed by atoms with Crippen LogP contribution in [0.2, 0.25) is 0 Å². The molecule has 2 rings (SSSR count). The van der Waals surface area contributed by atoms with Crippen molar-refractivity contribution >= 4 is 0 Å². The van der Waals surface area contributed by atoms with Crippen molar-refractivity contribution in [3.05, 3.63) is 35.4 Å². The Balaban J connectivity index is 1.82. The van der Waals surface area contributed by atoms with Crippen molar-refractivity contribution in [1.29, 1.82) is 0 Å². The molecule has 0 saturated carbocycles. The van der Waals surface area contributed by atoms with Crippen molar-refractivity contribution in [2.45, 2.75) is 19.4 Å². The van der Waals surface area contributed by atoms with Gasteiger partial charge in [0.15, 0.2) is 0 Å². The molecule has 1 heterocycles. The Kier molecular flexibility index (Phi) is 4.66. The zero-order valence-corrected chi connectivity index (χ0v) is 10.8. The molecule has 1 aliphatic heterocycles.